The summed E-state index contributed by atoms with van der Waals surface area (Å²) in [5.41, 5.74) is 6.00. The Hall–Kier alpha value is -1.07. The van der Waals surface area contributed by atoms with Crippen molar-refractivity contribution in [2.75, 3.05) is 0 Å². The van der Waals surface area contributed by atoms with E-state index in [-0.39, 0.29) is 18.2 Å². The predicted octanol–water partition coefficient (Wildman–Crippen LogP) is 3.14. The second kappa shape index (κ2) is 5.51. The summed E-state index contributed by atoms with van der Waals surface area (Å²) in [7, 11) is 0. The first-order chi connectivity index (χ1) is 8.86. The molecular formula is C14H18F3NO. The first-order valence-electron chi connectivity index (χ1n) is 6.43. The Morgan fingerprint density at radius 3 is 2.68 bits per heavy atom. The van der Waals surface area contributed by atoms with Crippen molar-refractivity contribution in [1.29, 1.82) is 0 Å². The third-order valence-electron chi connectivity index (χ3n) is 3.47. The molecule has 2 rings (SSSR count). The van der Waals surface area contributed by atoms with Gasteiger partial charge in [0.25, 0.3) is 0 Å². The fraction of sp³-hybridized carbons (Fsp3) is 0.571. The lowest BCUT2D eigenvalue weighted by Crippen LogP contribution is -2.36. The third-order valence-corrected chi connectivity index (χ3v) is 3.47. The van der Waals surface area contributed by atoms with E-state index in [0.717, 1.165) is 25.0 Å². The highest BCUT2D eigenvalue weighted by molar-refractivity contribution is 5.26. The monoisotopic (exact) mass is 273 g/mol. The fourth-order valence-corrected chi connectivity index (χ4v) is 2.43. The first kappa shape index (κ1) is 14.3. The van der Waals surface area contributed by atoms with Crippen LogP contribution in [0.15, 0.2) is 24.3 Å². The molecule has 1 aliphatic rings. The lowest BCUT2D eigenvalue weighted by molar-refractivity contribution is -0.137. The summed E-state index contributed by atoms with van der Waals surface area (Å²) in [4.78, 5) is 0. The van der Waals surface area contributed by atoms with E-state index >= 15 is 0 Å². The second-order valence-corrected chi connectivity index (χ2v) is 5.13. The van der Waals surface area contributed by atoms with E-state index in [4.69, 9.17) is 10.5 Å². The minimum Gasteiger partial charge on any atom is -0.374 e. The normalized spacial score (nSPS) is 25.5. The molecule has 2 N–H and O–H groups in total. The number of ether oxygens (including phenoxy) is 1. The number of benzene rings is 1. The molecule has 106 valence electrons. The van der Waals surface area contributed by atoms with Crippen LogP contribution in [0.4, 0.5) is 13.2 Å². The van der Waals surface area contributed by atoms with Crippen LogP contribution in [0.2, 0.25) is 0 Å². The zero-order valence-electron chi connectivity index (χ0n) is 10.8. The lowest BCUT2D eigenvalue weighted by atomic mass is 9.98. The number of halogens is 3. The SMILES string of the molecule is CC1CCC(C(N)Cc2cccc(C(F)(F)F)c2)O1. The number of rotatable bonds is 3. The average Bonchev–Trinajstić information content (AvgIpc) is 2.75. The molecule has 1 fully saturated rings. The van der Waals surface area contributed by atoms with Gasteiger partial charge in [0.1, 0.15) is 0 Å². The second-order valence-electron chi connectivity index (χ2n) is 5.13. The summed E-state index contributed by atoms with van der Waals surface area (Å²) in [5, 5.41) is 0. The standard InChI is InChI=1S/C14H18F3NO/c1-9-5-6-13(19-9)12(18)8-10-3-2-4-11(7-10)14(15,16)17/h2-4,7,9,12-13H,5-6,8,18H2,1H3. The van der Waals surface area contributed by atoms with Crippen LogP contribution in [-0.4, -0.2) is 18.2 Å². The van der Waals surface area contributed by atoms with E-state index in [1.54, 1.807) is 6.07 Å². The fourth-order valence-electron chi connectivity index (χ4n) is 2.43. The van der Waals surface area contributed by atoms with Crippen LogP contribution in [0.25, 0.3) is 0 Å². The zero-order valence-corrected chi connectivity index (χ0v) is 10.8. The minimum atomic E-state index is -4.31. The molecular weight excluding hydrogens is 255 g/mol. The zero-order chi connectivity index (χ0) is 14.0. The Balaban J connectivity index is 2.03. The number of hydrogen-bond acceptors (Lipinski definition) is 2. The molecule has 0 aromatic heterocycles. The van der Waals surface area contributed by atoms with Crippen LogP contribution in [0, 0.1) is 0 Å². The van der Waals surface area contributed by atoms with E-state index in [9.17, 15) is 13.2 Å². The minimum absolute atomic E-state index is 0.0513. The molecule has 5 heteroatoms. The van der Waals surface area contributed by atoms with Crippen molar-refractivity contribution >= 4 is 0 Å². The molecule has 0 spiro atoms. The third kappa shape index (κ3) is 3.70. The summed E-state index contributed by atoms with van der Waals surface area (Å²) >= 11 is 0. The smallest absolute Gasteiger partial charge is 0.374 e. The van der Waals surface area contributed by atoms with Gasteiger partial charge in [-0.25, -0.2) is 0 Å². The molecule has 0 amide bonds. The number of hydrogen-bond donors (Lipinski definition) is 1. The number of alkyl halides is 3. The summed E-state index contributed by atoms with van der Waals surface area (Å²) in [6.45, 7) is 1.98. The van der Waals surface area contributed by atoms with Gasteiger partial charge in [-0.1, -0.05) is 18.2 Å². The topological polar surface area (TPSA) is 35.2 Å². The summed E-state index contributed by atoms with van der Waals surface area (Å²) in [5.74, 6) is 0. The molecule has 1 aromatic carbocycles. The lowest BCUT2D eigenvalue weighted by Gasteiger charge is -2.20. The van der Waals surface area contributed by atoms with Gasteiger partial charge in [0.2, 0.25) is 0 Å². The summed E-state index contributed by atoms with van der Waals surface area (Å²) < 4.78 is 43.5. The average molecular weight is 273 g/mol. The van der Waals surface area contributed by atoms with Gasteiger partial charge in [-0.2, -0.15) is 13.2 Å². The molecule has 0 radical (unpaired) electrons. The van der Waals surface area contributed by atoms with Crippen molar-refractivity contribution in [2.24, 2.45) is 5.73 Å². The van der Waals surface area contributed by atoms with Gasteiger partial charge in [0, 0.05) is 6.04 Å². The Kier molecular flexibility index (Phi) is 4.16. The summed E-state index contributed by atoms with van der Waals surface area (Å²) in [6, 6.07) is 5.08. The van der Waals surface area contributed by atoms with Crippen LogP contribution >= 0.6 is 0 Å². The van der Waals surface area contributed by atoms with E-state index in [1.165, 1.54) is 6.07 Å². The van der Waals surface area contributed by atoms with Crippen LogP contribution in [0.5, 0.6) is 0 Å². The van der Waals surface area contributed by atoms with Gasteiger partial charge in [-0.15, -0.1) is 0 Å². The van der Waals surface area contributed by atoms with Crippen molar-refractivity contribution in [3.63, 3.8) is 0 Å². The Labute approximate surface area is 110 Å². The maximum atomic E-state index is 12.6. The van der Waals surface area contributed by atoms with Crippen LogP contribution in [-0.2, 0) is 17.3 Å². The van der Waals surface area contributed by atoms with Crippen molar-refractivity contribution in [3.05, 3.63) is 35.4 Å². The molecule has 0 saturated carbocycles. The molecule has 3 atom stereocenters. The van der Waals surface area contributed by atoms with Gasteiger partial charge in [0.05, 0.1) is 17.8 Å². The van der Waals surface area contributed by atoms with Crippen LogP contribution in [0.3, 0.4) is 0 Å². The quantitative estimate of drug-likeness (QED) is 0.918. The first-order valence-corrected chi connectivity index (χ1v) is 6.43. The van der Waals surface area contributed by atoms with E-state index in [1.807, 2.05) is 6.92 Å². The van der Waals surface area contributed by atoms with E-state index in [0.29, 0.717) is 12.0 Å². The molecule has 3 unspecified atom stereocenters. The van der Waals surface area contributed by atoms with Gasteiger partial charge in [-0.3, -0.25) is 0 Å². The molecule has 1 saturated heterocycles. The molecule has 1 aromatic rings. The van der Waals surface area contributed by atoms with Crippen molar-refractivity contribution in [2.45, 2.75) is 50.6 Å². The molecule has 0 aliphatic carbocycles. The summed E-state index contributed by atoms with van der Waals surface area (Å²) in [6.07, 6.45) is -1.93. The largest absolute Gasteiger partial charge is 0.416 e. The van der Waals surface area contributed by atoms with Gasteiger partial charge in [-0.05, 0) is 37.8 Å². The molecule has 2 nitrogen and oxygen atoms in total. The van der Waals surface area contributed by atoms with Crippen molar-refractivity contribution in [3.8, 4) is 0 Å². The Morgan fingerprint density at radius 2 is 2.11 bits per heavy atom. The Morgan fingerprint density at radius 1 is 1.37 bits per heavy atom. The van der Waals surface area contributed by atoms with Gasteiger partial charge >= 0.3 is 6.18 Å². The molecule has 1 aliphatic heterocycles. The van der Waals surface area contributed by atoms with Gasteiger partial charge in [0.15, 0.2) is 0 Å². The van der Waals surface area contributed by atoms with Crippen molar-refractivity contribution < 1.29 is 17.9 Å². The molecule has 1 heterocycles. The van der Waals surface area contributed by atoms with E-state index < -0.39 is 11.7 Å². The highest BCUT2D eigenvalue weighted by Gasteiger charge is 2.31. The molecule has 0 bridgehead atoms. The highest BCUT2D eigenvalue weighted by atomic mass is 19.4. The van der Waals surface area contributed by atoms with Crippen molar-refractivity contribution in [1.82, 2.24) is 0 Å². The van der Waals surface area contributed by atoms with Crippen LogP contribution in [0.1, 0.15) is 30.9 Å². The maximum absolute atomic E-state index is 12.6. The molecule has 19 heavy (non-hydrogen) atoms. The Bertz CT molecular complexity index is 433. The maximum Gasteiger partial charge on any atom is 0.416 e. The highest BCUT2D eigenvalue weighted by Crippen LogP contribution is 2.30. The number of nitrogens with two attached hydrogens (primary N) is 1. The van der Waals surface area contributed by atoms with Crippen LogP contribution < -0.4 is 5.73 Å². The van der Waals surface area contributed by atoms with E-state index in [2.05, 4.69) is 0 Å². The van der Waals surface area contributed by atoms with Gasteiger partial charge < -0.3 is 10.5 Å². The predicted molar refractivity (Wildman–Crippen MR) is 66.7 cm³/mol.